The van der Waals surface area contributed by atoms with Crippen LogP contribution in [0.5, 0.6) is 0 Å². The van der Waals surface area contributed by atoms with Crippen LogP contribution in [0, 0.1) is 0 Å². The Labute approximate surface area is 124 Å². The number of pyridine rings is 1. The molecule has 1 aliphatic rings. The summed E-state index contributed by atoms with van der Waals surface area (Å²) in [5.41, 5.74) is 9.22. The fourth-order valence-corrected chi connectivity index (χ4v) is 3.04. The standard InChI is InChI=1S/C17H19N3O/c1-20(17(21)16-14(18)9-5-11-19-16)15-10-4-7-12-6-2-3-8-13(12)15/h2-3,5-6,8-9,11,15H,4,7,10,18H2,1H3. The van der Waals surface area contributed by atoms with Crippen LogP contribution in [0.4, 0.5) is 5.69 Å². The predicted octanol–water partition coefficient (Wildman–Crippen LogP) is 2.81. The number of amides is 1. The molecule has 1 aromatic carbocycles. The number of carbonyl (C=O) groups is 1. The van der Waals surface area contributed by atoms with Crippen LogP contribution < -0.4 is 5.73 Å². The van der Waals surface area contributed by atoms with E-state index in [-0.39, 0.29) is 11.9 Å². The summed E-state index contributed by atoms with van der Waals surface area (Å²) in [4.78, 5) is 18.6. The molecule has 3 rings (SSSR count). The monoisotopic (exact) mass is 281 g/mol. The molecule has 1 atom stereocenters. The lowest BCUT2D eigenvalue weighted by Gasteiger charge is -2.33. The van der Waals surface area contributed by atoms with E-state index in [1.54, 1.807) is 23.2 Å². The second-order valence-electron chi connectivity index (χ2n) is 5.46. The van der Waals surface area contributed by atoms with Gasteiger partial charge in [0.15, 0.2) is 5.69 Å². The highest BCUT2D eigenvalue weighted by Crippen LogP contribution is 2.34. The predicted molar refractivity (Wildman–Crippen MR) is 82.9 cm³/mol. The smallest absolute Gasteiger partial charge is 0.274 e. The molecule has 0 saturated heterocycles. The summed E-state index contributed by atoms with van der Waals surface area (Å²) < 4.78 is 0. The van der Waals surface area contributed by atoms with Gasteiger partial charge in [0.1, 0.15) is 0 Å². The third-order valence-corrected chi connectivity index (χ3v) is 4.17. The number of rotatable bonds is 2. The molecule has 1 aliphatic carbocycles. The molecule has 0 aliphatic heterocycles. The molecule has 0 spiro atoms. The molecule has 1 heterocycles. The molecule has 108 valence electrons. The number of nitrogens with two attached hydrogens (primary N) is 1. The Balaban J connectivity index is 1.91. The molecule has 4 heteroatoms. The quantitative estimate of drug-likeness (QED) is 0.920. The van der Waals surface area contributed by atoms with Gasteiger partial charge in [-0.05, 0) is 42.5 Å². The highest BCUT2D eigenvalue weighted by Gasteiger charge is 2.28. The molecule has 0 fully saturated rings. The van der Waals surface area contributed by atoms with Gasteiger partial charge in [0, 0.05) is 13.2 Å². The molecule has 21 heavy (non-hydrogen) atoms. The fourth-order valence-electron chi connectivity index (χ4n) is 3.04. The van der Waals surface area contributed by atoms with Crippen LogP contribution in [-0.4, -0.2) is 22.8 Å². The van der Waals surface area contributed by atoms with Crippen molar-refractivity contribution in [2.24, 2.45) is 0 Å². The van der Waals surface area contributed by atoms with Crippen molar-refractivity contribution >= 4 is 11.6 Å². The number of aryl methyl sites for hydroxylation is 1. The third kappa shape index (κ3) is 2.49. The molecule has 0 radical (unpaired) electrons. The van der Waals surface area contributed by atoms with Crippen LogP contribution in [0.2, 0.25) is 0 Å². The van der Waals surface area contributed by atoms with Crippen LogP contribution >= 0.6 is 0 Å². The zero-order chi connectivity index (χ0) is 14.8. The van der Waals surface area contributed by atoms with Gasteiger partial charge in [-0.3, -0.25) is 4.79 Å². The largest absolute Gasteiger partial charge is 0.397 e. The van der Waals surface area contributed by atoms with Gasteiger partial charge < -0.3 is 10.6 Å². The molecule has 2 N–H and O–H groups in total. The second kappa shape index (κ2) is 5.56. The van der Waals surface area contributed by atoms with Crippen LogP contribution in [0.1, 0.15) is 40.5 Å². The average Bonchev–Trinajstić information content (AvgIpc) is 2.53. The minimum Gasteiger partial charge on any atom is -0.397 e. The number of anilines is 1. The van der Waals surface area contributed by atoms with Gasteiger partial charge in [-0.15, -0.1) is 0 Å². The molecular formula is C17H19N3O. The van der Waals surface area contributed by atoms with Crippen molar-refractivity contribution in [1.82, 2.24) is 9.88 Å². The molecule has 2 aromatic rings. The first-order valence-electron chi connectivity index (χ1n) is 7.24. The van der Waals surface area contributed by atoms with Crippen molar-refractivity contribution in [3.8, 4) is 0 Å². The Bertz CT molecular complexity index is 669. The SMILES string of the molecule is CN(C(=O)c1ncccc1N)C1CCCc2ccccc21. The van der Waals surface area contributed by atoms with E-state index in [0.29, 0.717) is 11.4 Å². The maximum atomic E-state index is 12.7. The van der Waals surface area contributed by atoms with E-state index in [9.17, 15) is 4.79 Å². The van der Waals surface area contributed by atoms with Crippen molar-refractivity contribution in [1.29, 1.82) is 0 Å². The highest BCUT2D eigenvalue weighted by molar-refractivity contribution is 5.97. The normalized spacial score (nSPS) is 17.1. The highest BCUT2D eigenvalue weighted by atomic mass is 16.2. The maximum Gasteiger partial charge on any atom is 0.274 e. The van der Waals surface area contributed by atoms with Gasteiger partial charge in [-0.1, -0.05) is 24.3 Å². The number of nitrogen functional groups attached to an aromatic ring is 1. The first-order valence-corrected chi connectivity index (χ1v) is 7.24. The summed E-state index contributed by atoms with van der Waals surface area (Å²) in [5, 5.41) is 0. The number of aromatic nitrogens is 1. The van der Waals surface area contributed by atoms with E-state index >= 15 is 0 Å². The van der Waals surface area contributed by atoms with Gasteiger partial charge in [0.05, 0.1) is 11.7 Å². The van der Waals surface area contributed by atoms with E-state index in [2.05, 4.69) is 23.2 Å². The summed E-state index contributed by atoms with van der Waals surface area (Å²) in [6, 6.07) is 11.9. The van der Waals surface area contributed by atoms with E-state index in [4.69, 9.17) is 5.73 Å². The Kier molecular flexibility index (Phi) is 3.60. The molecule has 1 aromatic heterocycles. The van der Waals surface area contributed by atoms with Crippen molar-refractivity contribution < 1.29 is 4.79 Å². The van der Waals surface area contributed by atoms with Gasteiger partial charge in [0.25, 0.3) is 5.91 Å². The molecular weight excluding hydrogens is 262 g/mol. The van der Waals surface area contributed by atoms with Gasteiger partial charge in [-0.25, -0.2) is 4.98 Å². The van der Waals surface area contributed by atoms with E-state index < -0.39 is 0 Å². The number of hydrogen-bond donors (Lipinski definition) is 1. The van der Waals surface area contributed by atoms with Crippen molar-refractivity contribution in [2.75, 3.05) is 12.8 Å². The van der Waals surface area contributed by atoms with Crippen LogP contribution in [0.3, 0.4) is 0 Å². The fraction of sp³-hybridized carbons (Fsp3) is 0.294. The summed E-state index contributed by atoms with van der Waals surface area (Å²) in [7, 11) is 1.84. The summed E-state index contributed by atoms with van der Waals surface area (Å²) in [5.74, 6) is -0.116. The lowest BCUT2D eigenvalue weighted by Crippen LogP contribution is -2.34. The van der Waals surface area contributed by atoms with Gasteiger partial charge >= 0.3 is 0 Å². The first kappa shape index (κ1) is 13.6. The van der Waals surface area contributed by atoms with E-state index in [1.165, 1.54) is 11.1 Å². The number of hydrogen-bond acceptors (Lipinski definition) is 3. The molecule has 0 bridgehead atoms. The Morgan fingerprint density at radius 2 is 2.10 bits per heavy atom. The Morgan fingerprint density at radius 1 is 1.29 bits per heavy atom. The van der Waals surface area contributed by atoms with Crippen LogP contribution in [0.25, 0.3) is 0 Å². The molecule has 4 nitrogen and oxygen atoms in total. The minimum absolute atomic E-state index is 0.101. The van der Waals surface area contributed by atoms with Gasteiger partial charge in [0.2, 0.25) is 0 Å². The minimum atomic E-state index is -0.116. The zero-order valence-electron chi connectivity index (χ0n) is 12.1. The van der Waals surface area contributed by atoms with Gasteiger partial charge in [-0.2, -0.15) is 0 Å². The maximum absolute atomic E-state index is 12.7. The Hall–Kier alpha value is -2.36. The summed E-state index contributed by atoms with van der Waals surface area (Å²) >= 11 is 0. The summed E-state index contributed by atoms with van der Waals surface area (Å²) in [6.45, 7) is 0. The number of fused-ring (bicyclic) bond motifs is 1. The number of carbonyl (C=O) groups excluding carboxylic acids is 1. The van der Waals surface area contributed by atoms with Crippen LogP contribution in [0.15, 0.2) is 42.6 Å². The van der Waals surface area contributed by atoms with Crippen molar-refractivity contribution in [3.05, 3.63) is 59.4 Å². The zero-order valence-corrected chi connectivity index (χ0v) is 12.1. The summed E-state index contributed by atoms with van der Waals surface area (Å²) in [6.07, 6.45) is 4.76. The number of nitrogens with zero attached hydrogens (tertiary/aromatic N) is 2. The third-order valence-electron chi connectivity index (χ3n) is 4.17. The molecule has 0 saturated carbocycles. The van der Waals surface area contributed by atoms with Crippen molar-refractivity contribution in [2.45, 2.75) is 25.3 Å². The van der Waals surface area contributed by atoms with E-state index in [0.717, 1.165) is 19.3 Å². The lowest BCUT2D eigenvalue weighted by molar-refractivity contribution is 0.0710. The van der Waals surface area contributed by atoms with Crippen molar-refractivity contribution in [3.63, 3.8) is 0 Å². The van der Waals surface area contributed by atoms with E-state index in [1.807, 2.05) is 13.1 Å². The molecule has 1 unspecified atom stereocenters. The topological polar surface area (TPSA) is 59.2 Å². The molecule has 1 amide bonds. The Morgan fingerprint density at radius 3 is 2.90 bits per heavy atom. The second-order valence-corrected chi connectivity index (χ2v) is 5.46. The van der Waals surface area contributed by atoms with Crippen LogP contribution in [-0.2, 0) is 6.42 Å². The number of benzene rings is 1. The average molecular weight is 281 g/mol. The lowest BCUT2D eigenvalue weighted by atomic mass is 9.87. The first-order chi connectivity index (χ1) is 10.2.